The molecule has 0 spiro atoms. The molecule has 266 valence electrons. The number of carbonyl (C=O) groups is 5. The molecule has 1 heterocycles. The van der Waals surface area contributed by atoms with Crippen LogP contribution in [-0.4, -0.2) is 45.7 Å². The summed E-state index contributed by atoms with van der Waals surface area (Å²) in [5.74, 6) is -5.25. The van der Waals surface area contributed by atoms with Crippen molar-refractivity contribution < 1.29 is 34.2 Å². The van der Waals surface area contributed by atoms with Gasteiger partial charge in [-0.05, 0) is 101 Å². The van der Waals surface area contributed by atoms with Crippen LogP contribution in [0, 0.1) is 5.41 Å². The first-order chi connectivity index (χ1) is 25.1. The van der Waals surface area contributed by atoms with Crippen molar-refractivity contribution in [2.45, 2.75) is 24.8 Å². The number of nitrogen functional groups attached to an aromatic ring is 1. The molecule has 13 nitrogen and oxygen atoms in total. The number of benzene rings is 5. The first-order valence-corrected chi connectivity index (χ1v) is 16.3. The van der Waals surface area contributed by atoms with Crippen molar-refractivity contribution in [3.63, 3.8) is 0 Å². The maximum atomic E-state index is 13.7. The van der Waals surface area contributed by atoms with E-state index in [1.165, 1.54) is 24.3 Å². The van der Waals surface area contributed by atoms with E-state index in [4.69, 9.17) is 22.6 Å². The Morgan fingerprint density at radius 3 is 2.04 bits per heavy atom. The molecule has 0 aromatic heterocycles. The number of primary amides is 2. The largest absolute Gasteiger partial charge is 0.478 e. The zero-order valence-corrected chi connectivity index (χ0v) is 28.3. The maximum absolute atomic E-state index is 13.7. The van der Waals surface area contributed by atoms with Gasteiger partial charge >= 0.3 is 11.9 Å². The minimum atomic E-state index is -1.37. The Kier molecular flexibility index (Phi) is 9.25. The number of hydrogen-bond donors (Lipinski definition) is 8. The number of carboxylic acid groups (broad SMARTS) is 2. The van der Waals surface area contributed by atoms with Crippen molar-refractivity contribution in [3.05, 3.63) is 153 Å². The van der Waals surface area contributed by atoms with E-state index in [-0.39, 0.29) is 44.9 Å². The molecule has 0 radical (unpaired) electrons. The Bertz CT molecular complexity index is 2340. The van der Waals surface area contributed by atoms with E-state index >= 15 is 0 Å². The molecule has 0 saturated heterocycles. The van der Waals surface area contributed by atoms with Gasteiger partial charge in [0.05, 0.1) is 17.2 Å². The second-order valence-electron chi connectivity index (χ2n) is 13.0. The van der Waals surface area contributed by atoms with E-state index in [1.54, 1.807) is 24.3 Å². The second kappa shape index (κ2) is 13.8. The Labute approximate surface area is 303 Å². The lowest BCUT2D eigenvalue weighted by Crippen LogP contribution is -2.35. The second-order valence-corrected chi connectivity index (χ2v) is 13.0. The molecule has 3 amide bonds. The molecule has 5 aromatic carbocycles. The predicted octanol–water partition coefficient (Wildman–Crippen LogP) is 5.35. The number of carbonyl (C=O) groups excluding carboxylic acids is 3. The van der Waals surface area contributed by atoms with Crippen molar-refractivity contribution in [2.24, 2.45) is 17.2 Å². The number of hydrogen-bond acceptors (Lipinski definition) is 7. The summed E-state index contributed by atoms with van der Waals surface area (Å²) >= 11 is 0. The predicted molar refractivity (Wildman–Crippen MR) is 199 cm³/mol. The van der Waals surface area contributed by atoms with Crippen molar-refractivity contribution in [1.82, 2.24) is 0 Å². The van der Waals surface area contributed by atoms with E-state index < -0.39 is 41.1 Å². The molecule has 2 atom stereocenters. The number of anilines is 2. The van der Waals surface area contributed by atoms with Crippen LogP contribution in [0.5, 0.6) is 0 Å². The number of nitrogens with one attached hydrogen (secondary N) is 3. The van der Waals surface area contributed by atoms with Gasteiger partial charge in [0, 0.05) is 39.0 Å². The number of aromatic carboxylic acids is 2. The summed E-state index contributed by atoms with van der Waals surface area (Å²) in [5.41, 5.74) is 20.0. The Morgan fingerprint density at radius 2 is 1.40 bits per heavy atom. The third kappa shape index (κ3) is 7.03. The highest BCUT2D eigenvalue weighted by Crippen LogP contribution is 2.49. The zero-order chi connectivity index (χ0) is 38.2. The van der Waals surface area contributed by atoms with Crippen molar-refractivity contribution in [1.29, 1.82) is 5.41 Å². The Morgan fingerprint density at radius 1 is 0.736 bits per heavy atom. The molecule has 11 N–H and O–H groups in total. The van der Waals surface area contributed by atoms with Gasteiger partial charge in [-0.3, -0.25) is 19.8 Å². The maximum Gasteiger partial charge on any atom is 0.336 e. The normalized spacial score (nSPS) is 16.1. The molecule has 6 rings (SSSR count). The van der Waals surface area contributed by atoms with E-state index in [0.717, 1.165) is 28.9 Å². The standard InChI is InChI=1S/C40H34N6O7/c1-40(27-5-3-2-4-6-27)19-33(46-32-10-8-20(34(41)42)18-31(32)40)23-11-22(29-9-7-21(35(43)47)17-30(29)39(52)53)15-28(16-23)45-37(49)25-12-24(36(44)48)13-26(14-25)38(50)51/h2-18,33,46H,19H2,1H3,(H3,41,42)(H2,43,47)(H2,44,48)(H,45,49)(H,50,51)(H,52,53). The fraction of sp³-hybridized carbons (Fsp3) is 0.100. The van der Waals surface area contributed by atoms with Crippen LogP contribution < -0.4 is 27.8 Å². The van der Waals surface area contributed by atoms with Crippen LogP contribution in [0.15, 0.2) is 103 Å². The number of nitrogens with two attached hydrogens (primary N) is 3. The summed E-state index contributed by atoms with van der Waals surface area (Å²) in [6.45, 7) is 2.09. The smallest absolute Gasteiger partial charge is 0.336 e. The average molecular weight is 711 g/mol. The van der Waals surface area contributed by atoms with Crippen LogP contribution in [-0.2, 0) is 5.41 Å². The Hall–Kier alpha value is -7.28. The van der Waals surface area contributed by atoms with E-state index in [2.05, 4.69) is 17.6 Å². The molecular weight excluding hydrogens is 676 g/mol. The van der Waals surface area contributed by atoms with Gasteiger partial charge in [0.15, 0.2) is 0 Å². The van der Waals surface area contributed by atoms with Gasteiger partial charge in [-0.2, -0.15) is 0 Å². The highest BCUT2D eigenvalue weighted by molar-refractivity contribution is 6.08. The van der Waals surface area contributed by atoms with E-state index in [0.29, 0.717) is 23.1 Å². The molecule has 53 heavy (non-hydrogen) atoms. The van der Waals surface area contributed by atoms with Gasteiger partial charge in [0.25, 0.3) is 5.91 Å². The van der Waals surface area contributed by atoms with Crippen molar-refractivity contribution in [3.8, 4) is 11.1 Å². The lowest BCUT2D eigenvalue weighted by molar-refractivity contribution is 0.0686. The summed E-state index contributed by atoms with van der Waals surface area (Å²) in [5, 5.41) is 34.2. The minimum absolute atomic E-state index is 0.00601. The number of carboxylic acids is 2. The summed E-state index contributed by atoms with van der Waals surface area (Å²) in [6.07, 6.45) is 0.469. The van der Waals surface area contributed by atoms with Crippen LogP contribution in [0.25, 0.3) is 11.1 Å². The molecule has 0 bridgehead atoms. The SMILES string of the molecule is CC1(c2ccccc2)CC(c2cc(NC(=O)c3cc(C(N)=O)cc(C(=O)O)c3)cc(-c3ccc(C(N)=O)cc3C(=O)O)c2)Nc2ccc(C(=N)N)cc21. The minimum Gasteiger partial charge on any atom is -0.478 e. The fourth-order valence-corrected chi connectivity index (χ4v) is 6.77. The summed E-state index contributed by atoms with van der Waals surface area (Å²) < 4.78 is 0. The first kappa shape index (κ1) is 35.5. The summed E-state index contributed by atoms with van der Waals surface area (Å²) in [4.78, 5) is 61.9. The van der Waals surface area contributed by atoms with Crippen LogP contribution in [0.3, 0.4) is 0 Å². The molecule has 1 aliphatic heterocycles. The topological polar surface area (TPSA) is 252 Å². The molecule has 1 aliphatic rings. The van der Waals surface area contributed by atoms with Crippen LogP contribution in [0.2, 0.25) is 0 Å². The third-order valence-corrected chi connectivity index (χ3v) is 9.47. The molecule has 0 saturated carbocycles. The molecular formula is C40H34N6O7. The van der Waals surface area contributed by atoms with E-state index in [1.807, 2.05) is 42.5 Å². The quantitative estimate of drug-likeness (QED) is 0.0686. The van der Waals surface area contributed by atoms with Gasteiger partial charge < -0.3 is 38.0 Å². The van der Waals surface area contributed by atoms with Gasteiger partial charge in [-0.25, -0.2) is 9.59 Å². The average Bonchev–Trinajstić information content (AvgIpc) is 3.14. The van der Waals surface area contributed by atoms with Crippen molar-refractivity contribution in [2.75, 3.05) is 10.6 Å². The fourth-order valence-electron chi connectivity index (χ4n) is 6.77. The molecule has 2 unspecified atom stereocenters. The molecule has 0 aliphatic carbocycles. The number of amides is 3. The lowest BCUT2D eigenvalue weighted by Gasteiger charge is -2.42. The van der Waals surface area contributed by atoms with Crippen LogP contribution >= 0.6 is 0 Å². The zero-order valence-electron chi connectivity index (χ0n) is 28.3. The van der Waals surface area contributed by atoms with Crippen molar-refractivity contribution >= 4 is 46.9 Å². The van der Waals surface area contributed by atoms with Gasteiger partial charge in [0.2, 0.25) is 11.8 Å². The summed E-state index contributed by atoms with van der Waals surface area (Å²) in [7, 11) is 0. The Balaban J connectivity index is 1.52. The van der Waals surface area contributed by atoms with Gasteiger partial charge in [-0.1, -0.05) is 43.3 Å². The lowest BCUT2D eigenvalue weighted by atomic mass is 9.68. The number of fused-ring (bicyclic) bond motifs is 1. The molecule has 13 heteroatoms. The monoisotopic (exact) mass is 710 g/mol. The van der Waals surface area contributed by atoms with Crippen LogP contribution in [0.1, 0.15) is 93.4 Å². The third-order valence-electron chi connectivity index (χ3n) is 9.47. The number of rotatable bonds is 10. The molecule has 0 fully saturated rings. The highest BCUT2D eigenvalue weighted by Gasteiger charge is 2.39. The van der Waals surface area contributed by atoms with E-state index in [9.17, 15) is 34.2 Å². The van der Waals surface area contributed by atoms with Crippen LogP contribution in [0.4, 0.5) is 11.4 Å². The highest BCUT2D eigenvalue weighted by atomic mass is 16.4. The summed E-state index contributed by atoms with van der Waals surface area (Å²) in [6, 6.07) is 27.3. The van der Waals surface area contributed by atoms with Gasteiger partial charge in [-0.15, -0.1) is 0 Å². The van der Waals surface area contributed by atoms with Gasteiger partial charge in [0.1, 0.15) is 5.84 Å². The number of amidine groups is 1. The molecule has 5 aromatic rings. The first-order valence-electron chi connectivity index (χ1n) is 16.3.